The summed E-state index contributed by atoms with van der Waals surface area (Å²) in [4.78, 5) is 44.8. The van der Waals surface area contributed by atoms with Crippen molar-refractivity contribution < 1.29 is 14.3 Å². The third kappa shape index (κ3) is 6.58. The number of ether oxygens (including phenoxy) is 1. The highest BCUT2D eigenvalue weighted by atomic mass is 16.5. The highest BCUT2D eigenvalue weighted by Crippen LogP contribution is 2.31. The van der Waals surface area contributed by atoms with E-state index in [9.17, 15) is 9.59 Å². The van der Waals surface area contributed by atoms with Crippen molar-refractivity contribution in [3.63, 3.8) is 0 Å². The molecule has 0 spiro atoms. The van der Waals surface area contributed by atoms with Crippen LogP contribution in [0.4, 0.5) is 11.5 Å². The molecule has 1 saturated carbocycles. The number of anilines is 2. The monoisotopic (exact) mass is 538 g/mol. The van der Waals surface area contributed by atoms with E-state index in [1.54, 1.807) is 4.90 Å². The average Bonchev–Trinajstić information content (AvgIpc) is 3.59. The lowest BCUT2D eigenvalue weighted by molar-refractivity contribution is -0.119. The number of nitrogens with one attached hydrogen (secondary N) is 2. The molecule has 1 aromatic heterocycles. The van der Waals surface area contributed by atoms with Gasteiger partial charge in [-0.1, -0.05) is 12.8 Å². The van der Waals surface area contributed by atoms with Crippen LogP contribution in [0.15, 0.2) is 28.3 Å². The van der Waals surface area contributed by atoms with Crippen molar-refractivity contribution in [1.82, 2.24) is 20.1 Å². The number of rotatable bonds is 8. The summed E-state index contributed by atoms with van der Waals surface area (Å²) in [6.07, 6.45) is 9.70. The van der Waals surface area contributed by atoms with E-state index in [2.05, 4.69) is 20.4 Å². The van der Waals surface area contributed by atoms with Crippen molar-refractivity contribution >= 4 is 35.6 Å². The number of guanidine groups is 1. The zero-order valence-corrected chi connectivity index (χ0v) is 23.3. The van der Waals surface area contributed by atoms with E-state index in [1.165, 1.54) is 6.92 Å². The van der Waals surface area contributed by atoms with Gasteiger partial charge >= 0.3 is 0 Å². The van der Waals surface area contributed by atoms with E-state index < -0.39 is 5.54 Å². The average molecular weight is 539 g/mol. The Morgan fingerprint density at radius 2 is 1.90 bits per heavy atom. The quantitative estimate of drug-likeness (QED) is 0.488. The molecule has 0 radical (unpaired) electrons. The molecule has 1 atom stereocenters. The molecule has 1 aliphatic carbocycles. The second kappa shape index (κ2) is 12.4. The molecule has 11 nitrogen and oxygen atoms in total. The van der Waals surface area contributed by atoms with E-state index in [4.69, 9.17) is 19.7 Å². The molecule has 1 aromatic rings. The predicted octanol–water partition coefficient (Wildman–Crippen LogP) is 2.25. The standard InChI is InChI=1S/C28H42N8O3/c1-21(38)29-12-11-28(2)26(36(20-37)24-5-3-4-6-24)32-27(33-28)31-22-7-8-25(30-19-22)35-13-9-23(10-14-35)34-15-17-39-18-16-34/h7-8,19-20,23-24H,3-6,9-18H2,1-2H3,(H,29,38)(H,31,33). The lowest BCUT2D eigenvalue weighted by Gasteiger charge is -2.40. The van der Waals surface area contributed by atoms with E-state index in [0.29, 0.717) is 30.8 Å². The molecule has 4 aliphatic rings. The van der Waals surface area contributed by atoms with E-state index in [0.717, 1.165) is 95.8 Å². The summed E-state index contributed by atoms with van der Waals surface area (Å²) < 4.78 is 5.51. The summed E-state index contributed by atoms with van der Waals surface area (Å²) in [5.74, 6) is 2.00. The molecule has 0 aromatic carbocycles. The van der Waals surface area contributed by atoms with Gasteiger partial charge in [-0.3, -0.25) is 19.4 Å². The molecular formula is C28H42N8O3. The number of nitrogens with zero attached hydrogens (tertiary/aromatic N) is 6. The molecule has 1 unspecified atom stereocenters. The summed E-state index contributed by atoms with van der Waals surface area (Å²) in [5.41, 5.74) is 0.0837. The normalized spacial score (nSPS) is 24.8. The molecule has 3 fully saturated rings. The molecular weight excluding hydrogens is 496 g/mol. The number of aliphatic imine (C=N–C) groups is 2. The van der Waals surface area contributed by atoms with Gasteiger partial charge in [0.2, 0.25) is 18.3 Å². The first kappa shape index (κ1) is 27.5. The maximum Gasteiger partial charge on any atom is 0.225 e. The van der Waals surface area contributed by atoms with Crippen LogP contribution in [0.2, 0.25) is 0 Å². The molecule has 2 saturated heterocycles. The number of carbonyl (C=O) groups excluding carboxylic acids is 2. The third-order valence-electron chi connectivity index (χ3n) is 8.46. The van der Waals surface area contributed by atoms with Gasteiger partial charge in [0.15, 0.2) is 0 Å². The number of amidine groups is 1. The summed E-state index contributed by atoms with van der Waals surface area (Å²) in [6, 6.07) is 4.83. The molecule has 2 N–H and O–H groups in total. The molecule has 4 heterocycles. The van der Waals surface area contributed by atoms with Gasteiger partial charge in [0.1, 0.15) is 17.2 Å². The Morgan fingerprint density at radius 3 is 2.54 bits per heavy atom. The first-order valence-corrected chi connectivity index (χ1v) is 14.4. The number of piperidine rings is 1. The lowest BCUT2D eigenvalue weighted by atomic mass is 9.95. The van der Waals surface area contributed by atoms with Crippen molar-refractivity contribution in [3.8, 4) is 0 Å². The Kier molecular flexibility index (Phi) is 8.76. The van der Waals surface area contributed by atoms with E-state index >= 15 is 0 Å². The van der Waals surface area contributed by atoms with Gasteiger partial charge in [0.25, 0.3) is 0 Å². The summed E-state index contributed by atoms with van der Waals surface area (Å²) in [6.45, 7) is 9.69. The number of aromatic nitrogens is 1. The van der Waals surface area contributed by atoms with Gasteiger partial charge in [-0.05, 0) is 51.2 Å². The fourth-order valence-corrected chi connectivity index (χ4v) is 6.24. The maximum absolute atomic E-state index is 12.2. The van der Waals surface area contributed by atoms with Crippen LogP contribution in [-0.4, -0.2) is 102 Å². The number of carbonyl (C=O) groups is 2. The van der Waals surface area contributed by atoms with Crippen molar-refractivity contribution in [3.05, 3.63) is 18.3 Å². The van der Waals surface area contributed by atoms with Crippen molar-refractivity contribution in [2.45, 2.75) is 76.4 Å². The highest BCUT2D eigenvalue weighted by Gasteiger charge is 2.41. The van der Waals surface area contributed by atoms with Gasteiger partial charge in [-0.15, -0.1) is 0 Å². The van der Waals surface area contributed by atoms with Crippen LogP contribution in [0, 0.1) is 0 Å². The van der Waals surface area contributed by atoms with E-state index in [1.807, 2.05) is 25.3 Å². The number of amides is 2. The van der Waals surface area contributed by atoms with Crippen molar-refractivity contribution in [2.75, 3.05) is 56.2 Å². The number of pyridine rings is 1. The lowest BCUT2D eigenvalue weighted by Crippen LogP contribution is -2.49. The fourth-order valence-electron chi connectivity index (χ4n) is 6.24. The molecule has 212 valence electrons. The van der Waals surface area contributed by atoms with Crippen LogP contribution in [0.25, 0.3) is 0 Å². The van der Waals surface area contributed by atoms with Crippen LogP contribution >= 0.6 is 0 Å². The second-order valence-electron chi connectivity index (χ2n) is 11.2. The summed E-state index contributed by atoms with van der Waals surface area (Å²) in [5, 5.41) is 6.16. The largest absolute Gasteiger partial charge is 0.379 e. The Labute approximate surface area is 231 Å². The van der Waals surface area contributed by atoms with Gasteiger partial charge < -0.3 is 20.3 Å². The Balaban J connectivity index is 1.23. The molecule has 2 amide bonds. The van der Waals surface area contributed by atoms with Crippen molar-refractivity contribution in [1.29, 1.82) is 0 Å². The maximum atomic E-state index is 12.2. The van der Waals surface area contributed by atoms with Gasteiger partial charge in [-0.2, -0.15) is 4.99 Å². The first-order chi connectivity index (χ1) is 18.9. The second-order valence-corrected chi connectivity index (χ2v) is 11.2. The van der Waals surface area contributed by atoms with Gasteiger partial charge in [0, 0.05) is 51.7 Å². The van der Waals surface area contributed by atoms with Crippen LogP contribution in [-0.2, 0) is 14.3 Å². The molecule has 5 rings (SSSR count). The first-order valence-electron chi connectivity index (χ1n) is 14.4. The minimum atomic E-state index is -0.716. The number of morpholine rings is 1. The molecule has 3 aliphatic heterocycles. The Bertz CT molecular complexity index is 1060. The highest BCUT2D eigenvalue weighted by molar-refractivity contribution is 6.13. The van der Waals surface area contributed by atoms with E-state index in [-0.39, 0.29) is 11.9 Å². The van der Waals surface area contributed by atoms with Crippen LogP contribution < -0.4 is 15.5 Å². The zero-order chi connectivity index (χ0) is 27.2. The zero-order valence-electron chi connectivity index (χ0n) is 23.3. The topological polar surface area (TPSA) is 115 Å². The smallest absolute Gasteiger partial charge is 0.225 e. The molecule has 39 heavy (non-hydrogen) atoms. The van der Waals surface area contributed by atoms with Crippen LogP contribution in [0.3, 0.4) is 0 Å². The van der Waals surface area contributed by atoms with Gasteiger partial charge in [-0.25, -0.2) is 9.98 Å². The summed E-state index contributed by atoms with van der Waals surface area (Å²) >= 11 is 0. The van der Waals surface area contributed by atoms with Crippen molar-refractivity contribution in [2.24, 2.45) is 9.98 Å². The SMILES string of the molecule is CC(=O)NCCC1(C)N=C(Nc2ccc(N3CCC(N4CCOCC4)CC3)nc2)N=C1N(C=O)C1CCCC1. The number of hydrogen-bond donors (Lipinski definition) is 2. The minimum absolute atomic E-state index is 0.0862. The van der Waals surface area contributed by atoms with Crippen LogP contribution in [0.1, 0.15) is 58.8 Å². The van der Waals surface area contributed by atoms with Crippen LogP contribution in [0.5, 0.6) is 0 Å². The summed E-state index contributed by atoms with van der Waals surface area (Å²) in [7, 11) is 0. The number of hydrogen-bond acceptors (Lipinski definition) is 9. The Morgan fingerprint density at radius 1 is 1.15 bits per heavy atom. The Hall–Kier alpha value is -3.05. The minimum Gasteiger partial charge on any atom is -0.379 e. The van der Waals surface area contributed by atoms with Gasteiger partial charge in [0.05, 0.1) is 25.1 Å². The predicted molar refractivity (Wildman–Crippen MR) is 152 cm³/mol. The third-order valence-corrected chi connectivity index (χ3v) is 8.46. The molecule has 11 heteroatoms. The molecule has 0 bridgehead atoms. The fraction of sp³-hybridized carbons (Fsp3) is 0.679.